The molecule has 0 spiro atoms. The van der Waals surface area contributed by atoms with Gasteiger partial charge in [0.1, 0.15) is 6.61 Å². The fourth-order valence-corrected chi connectivity index (χ4v) is 0.716. The molecule has 1 rings (SSSR count). The summed E-state index contributed by atoms with van der Waals surface area (Å²) in [6.07, 6.45) is 0.378. The predicted octanol–water partition coefficient (Wildman–Crippen LogP) is 0.879. The zero-order valence-electron chi connectivity index (χ0n) is 5.93. The molecule has 3 heteroatoms. The maximum Gasteiger partial charge on any atom is 0.257 e. The Kier molecular flexibility index (Phi) is 3.15. The molecule has 0 N–H and O–H groups in total. The molecule has 0 fully saturated rings. The lowest BCUT2D eigenvalue weighted by molar-refractivity contribution is -0.122. The van der Waals surface area contributed by atoms with E-state index in [1.807, 2.05) is 30.3 Å². The molecule has 1 aromatic carbocycles. The SMILES string of the molecule is O=C[N]OCc1ccccc1. The lowest BCUT2D eigenvalue weighted by Gasteiger charge is -1.96. The number of carbonyl (C=O) groups excluding carboxylic acids is 1. The molecular formula is C8H8NO2. The highest BCUT2D eigenvalue weighted by atomic mass is 16.6. The Morgan fingerprint density at radius 3 is 2.73 bits per heavy atom. The first-order valence-electron chi connectivity index (χ1n) is 3.23. The minimum absolute atomic E-state index is 0.347. The third-order valence-electron chi connectivity index (χ3n) is 1.19. The molecule has 0 aliphatic rings. The minimum atomic E-state index is 0.347. The summed E-state index contributed by atoms with van der Waals surface area (Å²) in [6, 6.07) is 9.53. The van der Waals surface area contributed by atoms with E-state index >= 15 is 0 Å². The van der Waals surface area contributed by atoms with Crippen molar-refractivity contribution in [2.75, 3.05) is 0 Å². The molecule has 0 aromatic heterocycles. The third kappa shape index (κ3) is 2.82. The van der Waals surface area contributed by atoms with Crippen LogP contribution in [0.2, 0.25) is 0 Å². The maximum atomic E-state index is 9.70. The van der Waals surface area contributed by atoms with Crippen molar-refractivity contribution in [1.82, 2.24) is 5.48 Å². The Morgan fingerprint density at radius 1 is 1.36 bits per heavy atom. The van der Waals surface area contributed by atoms with E-state index in [0.717, 1.165) is 5.56 Å². The highest BCUT2D eigenvalue weighted by Crippen LogP contribution is 1.98. The van der Waals surface area contributed by atoms with Crippen LogP contribution < -0.4 is 5.48 Å². The van der Waals surface area contributed by atoms with Crippen molar-refractivity contribution in [2.45, 2.75) is 6.61 Å². The molecule has 0 saturated heterocycles. The molecule has 3 nitrogen and oxygen atoms in total. The van der Waals surface area contributed by atoms with Crippen LogP contribution in [0, 0.1) is 0 Å². The zero-order chi connectivity index (χ0) is 7.94. The molecule has 0 aliphatic carbocycles. The number of benzene rings is 1. The molecule has 0 bridgehead atoms. The van der Waals surface area contributed by atoms with Crippen LogP contribution >= 0.6 is 0 Å². The van der Waals surface area contributed by atoms with E-state index in [1.54, 1.807) is 0 Å². The maximum absolute atomic E-state index is 9.70. The van der Waals surface area contributed by atoms with Crippen molar-refractivity contribution >= 4 is 6.41 Å². The van der Waals surface area contributed by atoms with Crippen LogP contribution in [0.1, 0.15) is 5.56 Å². The van der Waals surface area contributed by atoms with Crippen molar-refractivity contribution in [2.24, 2.45) is 0 Å². The summed E-state index contributed by atoms with van der Waals surface area (Å²) < 4.78 is 0. The molecule has 1 aromatic rings. The molecular weight excluding hydrogens is 142 g/mol. The Hall–Kier alpha value is -1.35. The van der Waals surface area contributed by atoms with Crippen molar-refractivity contribution in [3.63, 3.8) is 0 Å². The molecule has 11 heavy (non-hydrogen) atoms. The topological polar surface area (TPSA) is 40.4 Å². The van der Waals surface area contributed by atoms with Gasteiger partial charge in [0, 0.05) is 0 Å². The van der Waals surface area contributed by atoms with E-state index in [0.29, 0.717) is 13.0 Å². The van der Waals surface area contributed by atoms with Gasteiger partial charge in [0.05, 0.1) is 0 Å². The van der Waals surface area contributed by atoms with Gasteiger partial charge in [-0.25, -0.2) is 4.84 Å². The molecule has 1 radical (unpaired) electrons. The van der Waals surface area contributed by atoms with Crippen molar-refractivity contribution in [3.8, 4) is 0 Å². The first-order valence-corrected chi connectivity index (χ1v) is 3.23. The summed E-state index contributed by atoms with van der Waals surface area (Å²) in [5, 5.41) is 0. The minimum Gasteiger partial charge on any atom is -0.274 e. The summed E-state index contributed by atoms with van der Waals surface area (Å²) >= 11 is 0. The van der Waals surface area contributed by atoms with Crippen molar-refractivity contribution in [3.05, 3.63) is 35.9 Å². The highest BCUT2D eigenvalue weighted by Gasteiger charge is 1.89. The van der Waals surface area contributed by atoms with Gasteiger partial charge in [-0.3, -0.25) is 4.79 Å². The summed E-state index contributed by atoms with van der Waals surface area (Å²) in [6.45, 7) is 0.347. The van der Waals surface area contributed by atoms with Crippen LogP contribution in [0.3, 0.4) is 0 Å². The van der Waals surface area contributed by atoms with E-state index < -0.39 is 0 Å². The molecule has 0 saturated carbocycles. The molecule has 1 amide bonds. The van der Waals surface area contributed by atoms with Gasteiger partial charge in [-0.15, -0.1) is 0 Å². The van der Waals surface area contributed by atoms with E-state index in [-0.39, 0.29) is 0 Å². The van der Waals surface area contributed by atoms with E-state index in [9.17, 15) is 4.79 Å². The predicted molar refractivity (Wildman–Crippen MR) is 39.4 cm³/mol. The van der Waals surface area contributed by atoms with Crippen LogP contribution in [0.25, 0.3) is 0 Å². The number of hydroxylamine groups is 1. The molecule has 0 heterocycles. The molecule has 0 atom stereocenters. The summed E-state index contributed by atoms with van der Waals surface area (Å²) in [5.74, 6) is 0. The standard InChI is InChI=1S/C8H8NO2/c10-7-9-11-6-8-4-2-1-3-5-8/h1-5,7H,6H2. The van der Waals surface area contributed by atoms with Gasteiger partial charge in [-0.1, -0.05) is 35.8 Å². The van der Waals surface area contributed by atoms with Gasteiger partial charge < -0.3 is 0 Å². The van der Waals surface area contributed by atoms with Gasteiger partial charge in [0.15, 0.2) is 0 Å². The van der Waals surface area contributed by atoms with E-state index in [4.69, 9.17) is 0 Å². The number of amides is 1. The lowest BCUT2D eigenvalue weighted by Crippen LogP contribution is -2.02. The molecule has 0 aliphatic heterocycles. The number of hydrogen-bond acceptors (Lipinski definition) is 2. The Balaban J connectivity index is 2.33. The average molecular weight is 150 g/mol. The van der Waals surface area contributed by atoms with Crippen LogP contribution in [0.5, 0.6) is 0 Å². The Bertz CT molecular complexity index is 211. The molecule has 57 valence electrons. The van der Waals surface area contributed by atoms with Gasteiger partial charge in [-0.2, -0.15) is 0 Å². The average Bonchev–Trinajstić information content (AvgIpc) is 2.07. The summed E-state index contributed by atoms with van der Waals surface area (Å²) in [4.78, 5) is 14.3. The van der Waals surface area contributed by atoms with Crippen LogP contribution in [0.4, 0.5) is 0 Å². The summed E-state index contributed by atoms with van der Waals surface area (Å²) in [5.41, 5.74) is 4.08. The van der Waals surface area contributed by atoms with E-state index in [2.05, 4.69) is 10.3 Å². The summed E-state index contributed by atoms with van der Waals surface area (Å²) in [7, 11) is 0. The highest BCUT2D eigenvalue weighted by molar-refractivity contribution is 5.43. The first-order chi connectivity index (χ1) is 5.43. The number of rotatable bonds is 4. The normalized spacial score (nSPS) is 9.09. The fourth-order valence-electron chi connectivity index (χ4n) is 0.716. The van der Waals surface area contributed by atoms with Crippen LogP contribution in [-0.4, -0.2) is 6.41 Å². The van der Waals surface area contributed by atoms with Crippen LogP contribution in [0.15, 0.2) is 30.3 Å². The van der Waals surface area contributed by atoms with E-state index in [1.165, 1.54) is 0 Å². The first kappa shape index (κ1) is 7.75. The lowest BCUT2D eigenvalue weighted by atomic mass is 10.2. The van der Waals surface area contributed by atoms with Gasteiger partial charge in [0.2, 0.25) is 0 Å². The van der Waals surface area contributed by atoms with Gasteiger partial charge >= 0.3 is 0 Å². The third-order valence-corrected chi connectivity index (χ3v) is 1.19. The second-order valence-corrected chi connectivity index (χ2v) is 1.97. The number of carbonyl (C=O) groups is 1. The van der Waals surface area contributed by atoms with Gasteiger partial charge in [0.25, 0.3) is 6.41 Å². The zero-order valence-corrected chi connectivity index (χ0v) is 5.93. The quantitative estimate of drug-likeness (QED) is 0.363. The van der Waals surface area contributed by atoms with Gasteiger partial charge in [-0.05, 0) is 5.56 Å². The number of hydrogen-bond donors (Lipinski definition) is 0. The molecule has 0 unspecified atom stereocenters. The number of nitrogens with zero attached hydrogens (tertiary/aromatic N) is 1. The Labute approximate surface area is 64.9 Å². The van der Waals surface area contributed by atoms with Crippen molar-refractivity contribution in [1.29, 1.82) is 0 Å². The monoisotopic (exact) mass is 150 g/mol. The second kappa shape index (κ2) is 4.46. The smallest absolute Gasteiger partial charge is 0.257 e. The largest absolute Gasteiger partial charge is 0.274 e. The fraction of sp³-hybridized carbons (Fsp3) is 0.125. The van der Waals surface area contributed by atoms with Crippen molar-refractivity contribution < 1.29 is 9.63 Å². The second-order valence-electron chi connectivity index (χ2n) is 1.97. The Morgan fingerprint density at radius 2 is 2.09 bits per heavy atom. The van der Waals surface area contributed by atoms with Crippen LogP contribution in [-0.2, 0) is 16.2 Å².